The molecule has 9 heteroatoms. The molecule has 0 radical (unpaired) electrons. The second kappa shape index (κ2) is 6.74. The Hall–Kier alpha value is -1.15. The minimum absolute atomic E-state index is 0.208. The lowest BCUT2D eigenvalue weighted by atomic mass is 10.1. The average Bonchev–Trinajstić information content (AvgIpc) is 2.43. The summed E-state index contributed by atoms with van der Waals surface area (Å²) in [4.78, 5) is 7.17. The number of hydrogen-bond acceptors (Lipinski definition) is 3. The van der Waals surface area contributed by atoms with E-state index in [0.29, 0.717) is 6.07 Å². The first kappa shape index (κ1) is 17.9. The van der Waals surface area contributed by atoms with Crippen molar-refractivity contribution in [2.45, 2.75) is 20.0 Å². The summed E-state index contributed by atoms with van der Waals surface area (Å²) in [6.07, 6.45) is -4.72. The number of methoxy groups -OCH3 is 1. The van der Waals surface area contributed by atoms with Gasteiger partial charge in [0, 0.05) is 0 Å². The number of alkyl halides is 3. The highest BCUT2D eigenvalue weighted by Crippen LogP contribution is 2.40. The molecule has 0 amide bonds. The lowest BCUT2D eigenvalue weighted by molar-refractivity contribution is -0.138. The second-order valence-corrected chi connectivity index (χ2v) is 4.58. The number of halogens is 6. The maximum atomic E-state index is 13.9. The molecule has 0 saturated carbocycles. The zero-order valence-electron chi connectivity index (χ0n) is 11.1. The van der Waals surface area contributed by atoms with Gasteiger partial charge < -0.3 is 4.74 Å². The third-order valence-corrected chi connectivity index (χ3v) is 3.25. The van der Waals surface area contributed by atoms with Crippen LogP contribution in [0.2, 0.25) is 5.28 Å². The smallest absolute Gasteiger partial charge is 0.417 e. The molecular weight excluding hydrogens is 379 g/mol. The van der Waals surface area contributed by atoms with Gasteiger partial charge in [0.05, 0.1) is 22.5 Å². The van der Waals surface area contributed by atoms with Crippen molar-refractivity contribution in [2.24, 2.45) is 0 Å². The fourth-order valence-corrected chi connectivity index (χ4v) is 2.20. The summed E-state index contributed by atoms with van der Waals surface area (Å²) in [7, 11) is 1.19. The van der Waals surface area contributed by atoms with Crippen LogP contribution in [0.3, 0.4) is 0 Å². The van der Waals surface area contributed by atoms with E-state index in [9.17, 15) is 17.6 Å². The zero-order valence-corrected chi connectivity index (χ0v) is 13.5. The van der Waals surface area contributed by atoms with Crippen molar-refractivity contribution >= 4 is 38.4 Å². The molecular formula is C12H10BrClF4N2O. The molecule has 3 nitrogen and oxygen atoms in total. The molecule has 1 heterocycles. The Balaban J connectivity index is 0.00000106. The standard InChI is InChI=1S/C10H4BrClF4N2O.C2H6/c1-19-8-3-2-4(10(14,15)16)5(11)6(13)7(3)17-9(12)18-8;1-2/h2H,1H3;1-2H3. The van der Waals surface area contributed by atoms with Gasteiger partial charge in [0.2, 0.25) is 11.2 Å². The summed E-state index contributed by atoms with van der Waals surface area (Å²) in [5.41, 5.74) is -1.53. The molecule has 0 aliphatic heterocycles. The summed E-state index contributed by atoms with van der Waals surface area (Å²) in [5, 5.41) is -0.533. The van der Waals surface area contributed by atoms with Crippen LogP contribution in [0.15, 0.2) is 10.5 Å². The molecule has 0 spiro atoms. The first-order valence-corrected chi connectivity index (χ1v) is 6.89. The number of rotatable bonds is 1. The molecule has 21 heavy (non-hydrogen) atoms. The molecule has 116 valence electrons. The van der Waals surface area contributed by atoms with Gasteiger partial charge >= 0.3 is 6.18 Å². The molecule has 2 aromatic rings. The quantitative estimate of drug-likeness (QED) is 0.494. The van der Waals surface area contributed by atoms with E-state index in [2.05, 4.69) is 25.9 Å². The molecule has 0 bridgehead atoms. The third-order valence-electron chi connectivity index (χ3n) is 2.31. The van der Waals surface area contributed by atoms with E-state index >= 15 is 0 Å². The monoisotopic (exact) mass is 388 g/mol. The molecule has 0 aliphatic rings. The Kier molecular flexibility index (Phi) is 5.75. The van der Waals surface area contributed by atoms with Gasteiger partial charge in [-0.25, -0.2) is 9.37 Å². The van der Waals surface area contributed by atoms with E-state index in [1.807, 2.05) is 13.8 Å². The van der Waals surface area contributed by atoms with Crippen LogP contribution in [0.25, 0.3) is 10.9 Å². The minimum Gasteiger partial charge on any atom is -0.480 e. The van der Waals surface area contributed by atoms with E-state index in [-0.39, 0.29) is 22.1 Å². The van der Waals surface area contributed by atoms with Gasteiger partial charge in [0.15, 0.2) is 5.82 Å². The van der Waals surface area contributed by atoms with Crippen LogP contribution in [0.4, 0.5) is 17.6 Å². The van der Waals surface area contributed by atoms with Crippen LogP contribution >= 0.6 is 27.5 Å². The van der Waals surface area contributed by atoms with Crippen LogP contribution < -0.4 is 4.74 Å². The molecule has 0 fully saturated rings. The Morgan fingerprint density at radius 2 is 1.81 bits per heavy atom. The number of aromatic nitrogens is 2. The van der Waals surface area contributed by atoms with Crippen molar-refractivity contribution in [2.75, 3.05) is 7.11 Å². The fourth-order valence-electron chi connectivity index (χ4n) is 1.51. The SMILES string of the molecule is CC.COc1nc(Cl)nc2c(F)c(Br)c(C(F)(F)F)cc12. The first-order valence-electron chi connectivity index (χ1n) is 5.72. The van der Waals surface area contributed by atoms with Gasteiger partial charge in [-0.05, 0) is 33.6 Å². The van der Waals surface area contributed by atoms with E-state index in [0.717, 1.165) is 0 Å². The molecule has 0 unspecified atom stereocenters. The van der Waals surface area contributed by atoms with Crippen molar-refractivity contribution in [1.29, 1.82) is 0 Å². The summed E-state index contributed by atoms with van der Waals surface area (Å²) < 4.78 is 56.3. The Bertz CT molecular complexity index is 664. The lowest BCUT2D eigenvalue weighted by Gasteiger charge is -2.13. The second-order valence-electron chi connectivity index (χ2n) is 3.45. The van der Waals surface area contributed by atoms with Gasteiger partial charge in [-0.1, -0.05) is 13.8 Å². The van der Waals surface area contributed by atoms with Gasteiger partial charge in [0.25, 0.3) is 0 Å². The topological polar surface area (TPSA) is 35.0 Å². The predicted molar refractivity (Wildman–Crippen MR) is 75.1 cm³/mol. The molecule has 0 saturated heterocycles. The van der Waals surface area contributed by atoms with Crippen molar-refractivity contribution in [3.05, 3.63) is 27.2 Å². The average molecular weight is 390 g/mol. The number of nitrogens with zero attached hydrogens (tertiary/aromatic N) is 2. The van der Waals surface area contributed by atoms with E-state index < -0.39 is 22.0 Å². The number of fused-ring (bicyclic) bond motifs is 1. The van der Waals surface area contributed by atoms with E-state index in [1.54, 1.807) is 0 Å². The normalized spacial score (nSPS) is 11.1. The van der Waals surface area contributed by atoms with Crippen molar-refractivity contribution in [3.8, 4) is 5.88 Å². The number of hydrogen-bond donors (Lipinski definition) is 0. The Morgan fingerprint density at radius 3 is 2.29 bits per heavy atom. The highest BCUT2D eigenvalue weighted by molar-refractivity contribution is 9.10. The molecule has 0 atom stereocenters. The lowest BCUT2D eigenvalue weighted by Crippen LogP contribution is -2.08. The van der Waals surface area contributed by atoms with Gasteiger partial charge in [-0.15, -0.1) is 0 Å². The maximum absolute atomic E-state index is 13.9. The minimum atomic E-state index is -4.72. The summed E-state index contributed by atoms with van der Waals surface area (Å²) >= 11 is 8.12. The largest absolute Gasteiger partial charge is 0.480 e. The van der Waals surface area contributed by atoms with Crippen LogP contribution in [-0.2, 0) is 6.18 Å². The van der Waals surface area contributed by atoms with Crippen LogP contribution in [-0.4, -0.2) is 17.1 Å². The summed E-state index contributed by atoms with van der Waals surface area (Å²) in [6.45, 7) is 4.00. The van der Waals surface area contributed by atoms with Crippen molar-refractivity contribution in [3.63, 3.8) is 0 Å². The van der Waals surface area contributed by atoms with Crippen molar-refractivity contribution < 1.29 is 22.3 Å². The molecule has 0 N–H and O–H groups in total. The highest BCUT2D eigenvalue weighted by atomic mass is 79.9. The number of benzene rings is 1. The van der Waals surface area contributed by atoms with Gasteiger partial charge in [-0.2, -0.15) is 18.2 Å². The number of ether oxygens (including phenoxy) is 1. The van der Waals surface area contributed by atoms with Gasteiger partial charge in [0.1, 0.15) is 5.52 Å². The molecule has 1 aromatic carbocycles. The molecule has 0 aliphatic carbocycles. The molecule has 2 rings (SSSR count). The third kappa shape index (κ3) is 3.55. The van der Waals surface area contributed by atoms with Gasteiger partial charge in [-0.3, -0.25) is 0 Å². The van der Waals surface area contributed by atoms with Crippen LogP contribution in [0.5, 0.6) is 5.88 Å². The fraction of sp³-hybridized carbons (Fsp3) is 0.333. The summed E-state index contributed by atoms with van der Waals surface area (Å²) in [5.74, 6) is -1.40. The van der Waals surface area contributed by atoms with Crippen LogP contribution in [0, 0.1) is 5.82 Å². The van der Waals surface area contributed by atoms with Crippen molar-refractivity contribution in [1.82, 2.24) is 9.97 Å². The first-order chi connectivity index (χ1) is 9.75. The molecule has 1 aromatic heterocycles. The van der Waals surface area contributed by atoms with E-state index in [1.165, 1.54) is 7.11 Å². The predicted octanol–water partition coefficient (Wildman–Crippen LogP) is 5.24. The van der Waals surface area contributed by atoms with Crippen LogP contribution in [0.1, 0.15) is 19.4 Å². The van der Waals surface area contributed by atoms with E-state index in [4.69, 9.17) is 16.3 Å². The Labute approximate surface area is 131 Å². The summed E-state index contributed by atoms with van der Waals surface area (Å²) in [6, 6.07) is 0.706. The maximum Gasteiger partial charge on any atom is 0.417 e. The highest BCUT2D eigenvalue weighted by Gasteiger charge is 2.36. The zero-order chi connectivity index (χ0) is 16.4. The Morgan fingerprint density at radius 1 is 1.24 bits per heavy atom.